The molecule has 4 nitrogen and oxygen atoms in total. The Bertz CT molecular complexity index is 444. The molecule has 1 saturated carbocycles. The molecule has 1 aliphatic rings. The van der Waals surface area contributed by atoms with Crippen LogP contribution in [0.4, 0.5) is 0 Å². The van der Waals surface area contributed by atoms with Gasteiger partial charge in [0.2, 0.25) is 0 Å². The predicted molar refractivity (Wildman–Crippen MR) is 137 cm³/mol. The number of hydrogen-bond acceptors (Lipinski definition) is 4. The minimum atomic E-state index is -1.03. The third kappa shape index (κ3) is 13.4. The van der Waals surface area contributed by atoms with Crippen LogP contribution in [0.1, 0.15) is 155 Å². The van der Waals surface area contributed by atoms with Gasteiger partial charge in [0.1, 0.15) is 0 Å². The largest absolute Gasteiger partial charge is 0.465 e. The van der Waals surface area contributed by atoms with Gasteiger partial charge in [0, 0.05) is 0 Å². The molecule has 4 heteroatoms. The van der Waals surface area contributed by atoms with E-state index in [1.807, 2.05) is 0 Å². The molecule has 0 heterocycles. The van der Waals surface area contributed by atoms with E-state index in [9.17, 15) is 9.59 Å². The highest BCUT2D eigenvalue weighted by molar-refractivity contribution is 6.00. The van der Waals surface area contributed by atoms with Crippen molar-refractivity contribution in [2.75, 3.05) is 13.2 Å². The van der Waals surface area contributed by atoms with Gasteiger partial charge >= 0.3 is 11.9 Å². The first-order chi connectivity index (χ1) is 16.2. The molecule has 1 rings (SSSR count). The van der Waals surface area contributed by atoms with Gasteiger partial charge in [-0.25, -0.2) is 0 Å². The molecule has 1 fully saturated rings. The van der Waals surface area contributed by atoms with Crippen LogP contribution < -0.4 is 0 Å². The molecule has 0 bridgehead atoms. The van der Waals surface area contributed by atoms with Crippen molar-refractivity contribution < 1.29 is 19.1 Å². The second-order valence-electron chi connectivity index (χ2n) is 10.2. The van der Waals surface area contributed by atoms with Crippen molar-refractivity contribution in [1.29, 1.82) is 0 Å². The first kappa shape index (κ1) is 30.0. The standard InChI is InChI=1S/C29H54O4/c1-3-5-7-9-11-13-15-17-21-25-32-27(30)29(23-19-20-24-29)28(31)33-26-22-18-16-14-12-10-8-6-4-2/h3-26H2,1-2H3. The Hall–Kier alpha value is -1.06. The quantitative estimate of drug-likeness (QED) is 0.0909. The minimum absolute atomic E-state index is 0.336. The molecule has 0 aromatic heterocycles. The minimum Gasteiger partial charge on any atom is -0.465 e. The van der Waals surface area contributed by atoms with Crippen LogP contribution >= 0.6 is 0 Å². The normalized spacial score (nSPS) is 15.0. The Morgan fingerprint density at radius 2 is 0.818 bits per heavy atom. The Labute approximate surface area is 205 Å². The lowest BCUT2D eigenvalue weighted by Gasteiger charge is -2.24. The first-order valence-corrected chi connectivity index (χ1v) is 14.5. The van der Waals surface area contributed by atoms with E-state index < -0.39 is 5.41 Å². The van der Waals surface area contributed by atoms with E-state index in [2.05, 4.69) is 13.8 Å². The van der Waals surface area contributed by atoms with Crippen LogP contribution in [-0.2, 0) is 19.1 Å². The second kappa shape index (κ2) is 20.3. The van der Waals surface area contributed by atoms with Crippen LogP contribution in [0.5, 0.6) is 0 Å². The van der Waals surface area contributed by atoms with E-state index in [1.165, 1.54) is 89.9 Å². The summed E-state index contributed by atoms with van der Waals surface area (Å²) < 4.78 is 11.1. The van der Waals surface area contributed by atoms with Gasteiger partial charge in [-0.05, 0) is 25.7 Å². The number of ether oxygens (including phenoxy) is 2. The van der Waals surface area contributed by atoms with Crippen LogP contribution in [0.15, 0.2) is 0 Å². The third-order valence-electron chi connectivity index (χ3n) is 7.20. The van der Waals surface area contributed by atoms with E-state index in [4.69, 9.17) is 9.47 Å². The fraction of sp³-hybridized carbons (Fsp3) is 0.931. The lowest BCUT2D eigenvalue weighted by atomic mass is 9.86. The number of carbonyl (C=O) groups excluding carboxylic acids is 2. The summed E-state index contributed by atoms with van der Waals surface area (Å²) in [6, 6.07) is 0. The van der Waals surface area contributed by atoms with E-state index in [0.717, 1.165) is 38.5 Å². The molecule has 0 saturated heterocycles. The Morgan fingerprint density at radius 3 is 1.15 bits per heavy atom. The van der Waals surface area contributed by atoms with Gasteiger partial charge in [0.25, 0.3) is 0 Å². The van der Waals surface area contributed by atoms with Crippen molar-refractivity contribution >= 4 is 11.9 Å². The SMILES string of the molecule is CCCCCCCCCCCOC(=O)C1(C(=O)OCCCCCCCCCCC)CCCC1. The topological polar surface area (TPSA) is 52.6 Å². The summed E-state index contributed by atoms with van der Waals surface area (Å²) in [5.74, 6) is -0.673. The van der Waals surface area contributed by atoms with E-state index in [0.29, 0.717) is 26.1 Å². The molecule has 0 unspecified atom stereocenters. The smallest absolute Gasteiger partial charge is 0.323 e. The molecule has 1 aliphatic carbocycles. The Kier molecular flexibility index (Phi) is 18.5. The number of unbranched alkanes of at least 4 members (excludes halogenated alkanes) is 16. The van der Waals surface area contributed by atoms with E-state index >= 15 is 0 Å². The van der Waals surface area contributed by atoms with Gasteiger partial charge in [-0.1, -0.05) is 129 Å². The second-order valence-corrected chi connectivity index (χ2v) is 10.2. The van der Waals surface area contributed by atoms with E-state index in [-0.39, 0.29) is 11.9 Å². The van der Waals surface area contributed by atoms with Gasteiger partial charge in [-0.2, -0.15) is 0 Å². The average molecular weight is 467 g/mol. The first-order valence-electron chi connectivity index (χ1n) is 14.5. The lowest BCUT2D eigenvalue weighted by molar-refractivity contribution is -0.172. The molecule has 0 radical (unpaired) electrons. The zero-order chi connectivity index (χ0) is 24.0. The summed E-state index contributed by atoms with van der Waals surface area (Å²) in [5.41, 5.74) is -1.03. The number of rotatable bonds is 22. The predicted octanol–water partition coefficient (Wildman–Crippen LogP) is 8.69. The average Bonchev–Trinajstić information content (AvgIpc) is 3.33. The highest BCUT2D eigenvalue weighted by Gasteiger charge is 2.50. The number of esters is 2. The van der Waals surface area contributed by atoms with Crippen molar-refractivity contribution in [3.63, 3.8) is 0 Å². The summed E-state index contributed by atoms with van der Waals surface area (Å²) in [7, 11) is 0. The van der Waals surface area contributed by atoms with Gasteiger partial charge in [0.15, 0.2) is 5.41 Å². The zero-order valence-corrected chi connectivity index (χ0v) is 22.1. The maximum absolute atomic E-state index is 12.8. The molecule has 0 aromatic rings. The highest BCUT2D eigenvalue weighted by atomic mass is 16.6. The van der Waals surface area contributed by atoms with E-state index in [1.54, 1.807) is 0 Å². The fourth-order valence-corrected chi connectivity index (χ4v) is 4.90. The van der Waals surface area contributed by atoms with Gasteiger partial charge in [-0.3, -0.25) is 9.59 Å². The maximum atomic E-state index is 12.8. The summed E-state index contributed by atoms with van der Waals surface area (Å²) in [6.45, 7) is 5.35. The third-order valence-corrected chi connectivity index (χ3v) is 7.20. The fourth-order valence-electron chi connectivity index (χ4n) is 4.90. The molecular weight excluding hydrogens is 412 g/mol. The van der Waals surface area contributed by atoms with Gasteiger partial charge < -0.3 is 9.47 Å². The zero-order valence-electron chi connectivity index (χ0n) is 22.1. The molecule has 0 spiro atoms. The monoisotopic (exact) mass is 466 g/mol. The van der Waals surface area contributed by atoms with Crippen LogP contribution in [0.2, 0.25) is 0 Å². The molecule has 0 aromatic carbocycles. The lowest BCUT2D eigenvalue weighted by Crippen LogP contribution is -2.40. The van der Waals surface area contributed by atoms with Crippen molar-refractivity contribution in [3.8, 4) is 0 Å². The van der Waals surface area contributed by atoms with Gasteiger partial charge in [0.05, 0.1) is 13.2 Å². The molecule has 0 aliphatic heterocycles. The summed E-state index contributed by atoms with van der Waals surface area (Å²) in [6.07, 6.45) is 25.2. The molecule has 0 amide bonds. The van der Waals surface area contributed by atoms with Crippen LogP contribution in [0.25, 0.3) is 0 Å². The molecular formula is C29H54O4. The molecule has 194 valence electrons. The summed E-state index contributed by atoms with van der Waals surface area (Å²) >= 11 is 0. The van der Waals surface area contributed by atoms with Crippen LogP contribution in [0, 0.1) is 5.41 Å². The Balaban J connectivity index is 2.14. The molecule has 0 atom stereocenters. The van der Waals surface area contributed by atoms with Crippen LogP contribution in [0.3, 0.4) is 0 Å². The van der Waals surface area contributed by atoms with Gasteiger partial charge in [-0.15, -0.1) is 0 Å². The summed E-state index contributed by atoms with van der Waals surface area (Å²) in [4.78, 5) is 25.6. The maximum Gasteiger partial charge on any atom is 0.323 e. The number of carbonyl (C=O) groups is 2. The van der Waals surface area contributed by atoms with Crippen molar-refractivity contribution in [2.45, 2.75) is 155 Å². The van der Waals surface area contributed by atoms with Crippen LogP contribution in [-0.4, -0.2) is 25.2 Å². The van der Waals surface area contributed by atoms with Crippen molar-refractivity contribution in [3.05, 3.63) is 0 Å². The summed E-state index contributed by atoms with van der Waals surface area (Å²) in [5, 5.41) is 0. The molecule has 0 N–H and O–H groups in total. The molecule has 33 heavy (non-hydrogen) atoms. The number of hydrogen-bond donors (Lipinski definition) is 0. The van der Waals surface area contributed by atoms with Crippen molar-refractivity contribution in [2.24, 2.45) is 5.41 Å². The Morgan fingerprint density at radius 1 is 0.515 bits per heavy atom. The van der Waals surface area contributed by atoms with Crippen molar-refractivity contribution in [1.82, 2.24) is 0 Å². The highest BCUT2D eigenvalue weighted by Crippen LogP contribution is 2.40.